The van der Waals surface area contributed by atoms with E-state index in [0.717, 1.165) is 19.4 Å². The molecule has 0 radical (unpaired) electrons. The number of hydrogen-bond donors (Lipinski definition) is 2. The molecule has 7 heteroatoms. The molecule has 0 aromatic heterocycles. The maximum atomic E-state index is 12.6. The van der Waals surface area contributed by atoms with E-state index in [1.807, 2.05) is 13.8 Å². The molecule has 0 spiro atoms. The van der Waals surface area contributed by atoms with Gasteiger partial charge in [0.1, 0.15) is 17.5 Å². The number of carbonyl (C=O) groups excluding carboxylic acids is 2. The summed E-state index contributed by atoms with van der Waals surface area (Å²) in [6.07, 6.45) is 2.02. The van der Waals surface area contributed by atoms with Gasteiger partial charge >= 0.3 is 0 Å². The van der Waals surface area contributed by atoms with Crippen molar-refractivity contribution in [3.8, 4) is 11.5 Å². The predicted molar refractivity (Wildman–Crippen MR) is 97.6 cm³/mol. The molecule has 0 unspecified atom stereocenters. The second kappa shape index (κ2) is 9.43. The van der Waals surface area contributed by atoms with Gasteiger partial charge in [-0.1, -0.05) is 13.8 Å². The summed E-state index contributed by atoms with van der Waals surface area (Å²) < 4.78 is 15.9. The second-order valence-electron chi connectivity index (χ2n) is 6.68. The number of benzene rings is 1. The third-order valence-electron chi connectivity index (χ3n) is 4.38. The summed E-state index contributed by atoms with van der Waals surface area (Å²) >= 11 is 0. The molecule has 144 valence electrons. The number of carbonyl (C=O) groups is 2. The predicted octanol–water partition coefficient (Wildman–Crippen LogP) is 1.75. The maximum Gasteiger partial charge on any atom is 0.252 e. The number of hydrogen-bond acceptors (Lipinski definition) is 5. The molecule has 0 aliphatic carbocycles. The van der Waals surface area contributed by atoms with Crippen LogP contribution in [0, 0.1) is 5.92 Å². The Kier molecular flexibility index (Phi) is 7.26. The summed E-state index contributed by atoms with van der Waals surface area (Å²) in [5.41, 5.74) is 0.374. The number of ether oxygens (including phenoxy) is 3. The summed E-state index contributed by atoms with van der Waals surface area (Å²) in [6.45, 7) is 4.99. The second-order valence-corrected chi connectivity index (χ2v) is 6.68. The van der Waals surface area contributed by atoms with Crippen LogP contribution in [0.3, 0.4) is 0 Å². The Hall–Kier alpha value is -2.28. The van der Waals surface area contributed by atoms with Gasteiger partial charge in [0.25, 0.3) is 5.91 Å². The van der Waals surface area contributed by atoms with Crippen molar-refractivity contribution < 1.29 is 23.8 Å². The van der Waals surface area contributed by atoms with Crippen LogP contribution in [0.4, 0.5) is 0 Å². The first kappa shape index (κ1) is 20.0. The fraction of sp³-hybridized carbons (Fsp3) is 0.579. The molecule has 26 heavy (non-hydrogen) atoms. The average Bonchev–Trinajstić information content (AvgIpc) is 3.16. The van der Waals surface area contributed by atoms with E-state index >= 15 is 0 Å². The van der Waals surface area contributed by atoms with Crippen molar-refractivity contribution in [2.75, 3.05) is 27.4 Å². The fourth-order valence-electron chi connectivity index (χ4n) is 2.83. The zero-order valence-corrected chi connectivity index (χ0v) is 15.8. The van der Waals surface area contributed by atoms with Gasteiger partial charge in [0.2, 0.25) is 5.91 Å². The first-order valence-corrected chi connectivity index (χ1v) is 8.87. The van der Waals surface area contributed by atoms with E-state index in [0.29, 0.717) is 23.6 Å². The van der Waals surface area contributed by atoms with E-state index < -0.39 is 6.04 Å². The molecule has 7 nitrogen and oxygen atoms in total. The molecule has 1 aromatic carbocycles. The fourth-order valence-corrected chi connectivity index (χ4v) is 2.83. The Bertz CT molecular complexity index is 604. The quantitative estimate of drug-likeness (QED) is 0.734. The van der Waals surface area contributed by atoms with Crippen molar-refractivity contribution in [2.45, 2.75) is 38.8 Å². The molecule has 0 bridgehead atoms. The van der Waals surface area contributed by atoms with Crippen LogP contribution in [0.15, 0.2) is 18.2 Å². The molecule has 1 heterocycles. The van der Waals surface area contributed by atoms with Crippen molar-refractivity contribution in [3.63, 3.8) is 0 Å². The number of rotatable bonds is 8. The zero-order valence-electron chi connectivity index (χ0n) is 15.8. The van der Waals surface area contributed by atoms with E-state index in [-0.39, 0.29) is 23.8 Å². The summed E-state index contributed by atoms with van der Waals surface area (Å²) in [6, 6.07) is 4.27. The topological polar surface area (TPSA) is 85.9 Å². The molecule has 1 fully saturated rings. The van der Waals surface area contributed by atoms with Crippen molar-refractivity contribution in [2.24, 2.45) is 5.92 Å². The molecular formula is C19H28N2O5. The van der Waals surface area contributed by atoms with Crippen LogP contribution in [0.1, 0.15) is 37.0 Å². The van der Waals surface area contributed by atoms with E-state index in [9.17, 15) is 9.59 Å². The normalized spacial score (nSPS) is 17.7. The van der Waals surface area contributed by atoms with Crippen LogP contribution in [0.5, 0.6) is 11.5 Å². The summed E-state index contributed by atoms with van der Waals surface area (Å²) in [5, 5.41) is 5.69. The largest absolute Gasteiger partial charge is 0.497 e. The Balaban J connectivity index is 2.03. The van der Waals surface area contributed by atoms with E-state index in [4.69, 9.17) is 14.2 Å². The lowest BCUT2D eigenvalue weighted by molar-refractivity contribution is -0.124. The third-order valence-corrected chi connectivity index (χ3v) is 4.38. The Labute approximate surface area is 154 Å². The molecule has 1 aromatic rings. The van der Waals surface area contributed by atoms with Crippen molar-refractivity contribution >= 4 is 11.8 Å². The molecule has 2 atom stereocenters. The average molecular weight is 364 g/mol. The van der Waals surface area contributed by atoms with Gasteiger partial charge in [-0.05, 0) is 30.9 Å². The van der Waals surface area contributed by atoms with Gasteiger partial charge in [-0.25, -0.2) is 0 Å². The van der Waals surface area contributed by atoms with Gasteiger partial charge in [0, 0.05) is 24.8 Å². The van der Waals surface area contributed by atoms with Gasteiger partial charge in [0.15, 0.2) is 0 Å². The van der Waals surface area contributed by atoms with Gasteiger partial charge in [-0.2, -0.15) is 0 Å². The number of methoxy groups -OCH3 is 2. The molecule has 1 saturated heterocycles. The lowest BCUT2D eigenvalue weighted by atomic mass is 10.0. The first-order chi connectivity index (χ1) is 12.4. The summed E-state index contributed by atoms with van der Waals surface area (Å²) in [5.74, 6) is 0.402. The van der Waals surface area contributed by atoms with Gasteiger partial charge in [-0.3, -0.25) is 9.59 Å². The van der Waals surface area contributed by atoms with Gasteiger partial charge in [-0.15, -0.1) is 0 Å². The molecular weight excluding hydrogens is 336 g/mol. The standard InChI is InChI=1S/C19H28N2O5/c1-12(2)17(19(23)20-11-14-6-5-7-26-14)21-18(22)13-8-15(24-3)10-16(9-13)25-4/h8-10,12,14,17H,5-7,11H2,1-4H3,(H,20,23)(H,21,22)/t14-,17+/m1/s1. The highest BCUT2D eigenvalue weighted by Crippen LogP contribution is 2.22. The zero-order chi connectivity index (χ0) is 19.1. The van der Waals surface area contributed by atoms with Gasteiger partial charge < -0.3 is 24.8 Å². The number of amides is 2. The van der Waals surface area contributed by atoms with Crippen molar-refractivity contribution in [3.05, 3.63) is 23.8 Å². The lowest BCUT2D eigenvalue weighted by Gasteiger charge is -2.23. The molecule has 0 saturated carbocycles. The maximum absolute atomic E-state index is 12.6. The first-order valence-electron chi connectivity index (χ1n) is 8.87. The molecule has 2 amide bonds. The van der Waals surface area contributed by atoms with Crippen LogP contribution in [-0.4, -0.2) is 51.3 Å². The molecule has 1 aliphatic rings. The van der Waals surface area contributed by atoms with E-state index in [1.54, 1.807) is 18.2 Å². The highest BCUT2D eigenvalue weighted by molar-refractivity contribution is 5.98. The summed E-state index contributed by atoms with van der Waals surface area (Å²) in [7, 11) is 3.04. The monoisotopic (exact) mass is 364 g/mol. The van der Waals surface area contributed by atoms with Crippen LogP contribution in [0.2, 0.25) is 0 Å². The Morgan fingerprint density at radius 3 is 2.35 bits per heavy atom. The van der Waals surface area contributed by atoms with E-state index in [2.05, 4.69) is 10.6 Å². The van der Waals surface area contributed by atoms with Crippen LogP contribution >= 0.6 is 0 Å². The van der Waals surface area contributed by atoms with E-state index in [1.165, 1.54) is 14.2 Å². The van der Waals surface area contributed by atoms with Crippen molar-refractivity contribution in [1.82, 2.24) is 10.6 Å². The molecule has 2 rings (SSSR count). The minimum Gasteiger partial charge on any atom is -0.497 e. The Morgan fingerprint density at radius 2 is 1.85 bits per heavy atom. The minimum atomic E-state index is -0.638. The molecule has 2 N–H and O–H groups in total. The lowest BCUT2D eigenvalue weighted by Crippen LogP contribution is -2.50. The van der Waals surface area contributed by atoms with Crippen molar-refractivity contribution in [1.29, 1.82) is 0 Å². The van der Waals surface area contributed by atoms with Crippen LogP contribution < -0.4 is 20.1 Å². The minimum absolute atomic E-state index is 0.0593. The molecule has 1 aliphatic heterocycles. The van der Waals surface area contributed by atoms with Crippen LogP contribution in [-0.2, 0) is 9.53 Å². The highest BCUT2D eigenvalue weighted by Gasteiger charge is 2.26. The van der Waals surface area contributed by atoms with Crippen LogP contribution in [0.25, 0.3) is 0 Å². The number of nitrogens with one attached hydrogen (secondary N) is 2. The smallest absolute Gasteiger partial charge is 0.252 e. The van der Waals surface area contributed by atoms with Gasteiger partial charge in [0.05, 0.1) is 20.3 Å². The summed E-state index contributed by atoms with van der Waals surface area (Å²) in [4.78, 5) is 25.2. The SMILES string of the molecule is COc1cc(OC)cc(C(=O)N[C@H](C(=O)NC[C@H]2CCCO2)C(C)C)c1. The Morgan fingerprint density at radius 1 is 1.19 bits per heavy atom. The highest BCUT2D eigenvalue weighted by atomic mass is 16.5. The third kappa shape index (κ3) is 5.36.